The Hall–Kier alpha value is -2.94. The molecule has 2 aromatic heterocycles. The first-order valence-electron chi connectivity index (χ1n) is 9.42. The van der Waals surface area contributed by atoms with Gasteiger partial charge in [-0.1, -0.05) is 11.6 Å². The minimum absolute atomic E-state index is 0.0375. The smallest absolute Gasteiger partial charge is 0.359 e. The second kappa shape index (κ2) is 8.06. The molecule has 0 saturated carbocycles. The van der Waals surface area contributed by atoms with Gasteiger partial charge in [-0.25, -0.2) is 9.78 Å². The number of halogens is 4. The van der Waals surface area contributed by atoms with E-state index in [0.717, 1.165) is 23.2 Å². The Morgan fingerprint density at radius 1 is 1.20 bits per heavy atom. The van der Waals surface area contributed by atoms with Crippen LogP contribution in [0, 0.1) is 0 Å². The van der Waals surface area contributed by atoms with Crippen LogP contribution in [-0.4, -0.2) is 35.1 Å². The Morgan fingerprint density at radius 2 is 1.97 bits per heavy atom. The summed E-state index contributed by atoms with van der Waals surface area (Å²) in [7, 11) is 0. The van der Waals surface area contributed by atoms with Crippen molar-refractivity contribution in [2.75, 3.05) is 23.3 Å². The molecule has 3 aromatic rings. The number of nitrogens with zero attached hydrogens (tertiary/aromatic N) is 2. The van der Waals surface area contributed by atoms with Gasteiger partial charge in [-0.15, -0.1) is 0 Å². The maximum Gasteiger partial charge on any atom is 0.417 e. The number of urea groups is 1. The molecule has 3 N–H and O–H groups in total. The molecule has 0 spiro atoms. The second-order valence-electron chi connectivity index (χ2n) is 7.15. The number of alkyl halides is 3. The summed E-state index contributed by atoms with van der Waals surface area (Å²) in [5, 5.41) is 7.17. The van der Waals surface area contributed by atoms with Crippen LogP contribution in [0.25, 0.3) is 10.9 Å². The van der Waals surface area contributed by atoms with Gasteiger partial charge in [-0.05, 0) is 43.2 Å². The molecule has 1 fully saturated rings. The number of rotatable bonds is 3. The van der Waals surface area contributed by atoms with E-state index in [0.29, 0.717) is 42.5 Å². The number of hydrogen-bond acceptors (Lipinski definition) is 3. The molecular formula is C20H19ClF3N5O. The molecule has 0 radical (unpaired) electrons. The van der Waals surface area contributed by atoms with Crippen molar-refractivity contribution in [3.8, 4) is 0 Å². The Labute approximate surface area is 175 Å². The van der Waals surface area contributed by atoms with E-state index in [2.05, 4.69) is 20.6 Å². The molecule has 2 amide bonds. The van der Waals surface area contributed by atoms with Crippen LogP contribution in [0.15, 0.2) is 42.7 Å². The summed E-state index contributed by atoms with van der Waals surface area (Å²) in [5.41, 5.74) is 0.737. The molecule has 30 heavy (non-hydrogen) atoms. The number of H-pyrrole nitrogens is 1. The molecule has 1 aromatic carbocycles. The third-order valence-electron chi connectivity index (χ3n) is 5.12. The summed E-state index contributed by atoms with van der Waals surface area (Å²) >= 11 is 6.03. The summed E-state index contributed by atoms with van der Waals surface area (Å²) in [6.45, 7) is 1.18. The lowest BCUT2D eigenvalue weighted by atomic mass is 10.1. The number of amides is 2. The number of hydrogen-bond donors (Lipinski definition) is 3. The van der Waals surface area contributed by atoms with Crippen molar-refractivity contribution in [3.63, 3.8) is 0 Å². The van der Waals surface area contributed by atoms with Crippen LogP contribution in [0.3, 0.4) is 0 Å². The van der Waals surface area contributed by atoms with Crippen molar-refractivity contribution in [3.05, 3.63) is 53.3 Å². The maximum absolute atomic E-state index is 12.7. The average molecular weight is 438 g/mol. The standard InChI is InChI=1S/C20H19ClF3N5O/c21-13-2-3-16-15(9-13)17(11-25-16)28-19(30)27-14-5-7-29(8-6-14)18-4-1-12(10-26-18)20(22,23)24/h1-4,9-11,14,25H,5-8H2,(H2,27,28,30). The number of carbonyl (C=O) groups excluding carboxylic acids is 1. The third-order valence-corrected chi connectivity index (χ3v) is 5.36. The van der Waals surface area contributed by atoms with E-state index in [9.17, 15) is 18.0 Å². The SMILES string of the molecule is O=C(Nc1c[nH]c2ccc(Cl)cc12)NC1CCN(c2ccc(C(F)(F)F)cn2)CC1. The lowest BCUT2D eigenvalue weighted by Gasteiger charge is -2.33. The molecule has 0 bridgehead atoms. The van der Waals surface area contributed by atoms with Gasteiger partial charge in [-0.3, -0.25) is 0 Å². The summed E-state index contributed by atoms with van der Waals surface area (Å²) < 4.78 is 38.0. The first-order chi connectivity index (χ1) is 14.3. The van der Waals surface area contributed by atoms with E-state index in [4.69, 9.17) is 11.6 Å². The minimum atomic E-state index is -4.40. The molecule has 1 aliphatic heterocycles. The van der Waals surface area contributed by atoms with Crippen LogP contribution in [0.4, 0.5) is 29.5 Å². The highest BCUT2D eigenvalue weighted by molar-refractivity contribution is 6.31. The van der Waals surface area contributed by atoms with E-state index in [-0.39, 0.29) is 12.1 Å². The van der Waals surface area contributed by atoms with Gasteiger partial charge in [0.25, 0.3) is 0 Å². The predicted molar refractivity (Wildman–Crippen MR) is 110 cm³/mol. The van der Waals surface area contributed by atoms with Crippen molar-refractivity contribution < 1.29 is 18.0 Å². The molecule has 4 rings (SSSR count). The fourth-order valence-corrected chi connectivity index (χ4v) is 3.71. The first kappa shape index (κ1) is 20.3. The van der Waals surface area contributed by atoms with Gasteiger partial charge >= 0.3 is 12.2 Å². The van der Waals surface area contributed by atoms with Gasteiger partial charge in [-0.2, -0.15) is 13.2 Å². The van der Waals surface area contributed by atoms with Gasteiger partial charge in [0, 0.05) is 47.5 Å². The highest BCUT2D eigenvalue weighted by Crippen LogP contribution is 2.30. The number of pyridine rings is 1. The van der Waals surface area contributed by atoms with E-state index in [1.54, 1.807) is 18.3 Å². The average Bonchev–Trinajstić information content (AvgIpc) is 3.10. The van der Waals surface area contributed by atoms with E-state index in [1.807, 2.05) is 11.0 Å². The molecule has 6 nitrogen and oxygen atoms in total. The summed E-state index contributed by atoms with van der Waals surface area (Å²) in [6, 6.07) is 7.44. The van der Waals surface area contributed by atoms with Crippen molar-refractivity contribution in [1.29, 1.82) is 0 Å². The Bertz CT molecular complexity index is 1040. The predicted octanol–water partition coefficient (Wildman–Crippen LogP) is 5.03. The van der Waals surface area contributed by atoms with Crippen molar-refractivity contribution in [1.82, 2.24) is 15.3 Å². The molecule has 10 heteroatoms. The molecular weight excluding hydrogens is 419 g/mol. The molecule has 158 valence electrons. The molecule has 0 unspecified atom stereocenters. The van der Waals surface area contributed by atoms with Crippen LogP contribution in [0.1, 0.15) is 18.4 Å². The zero-order chi connectivity index (χ0) is 21.3. The van der Waals surface area contributed by atoms with Crippen molar-refractivity contribution in [2.24, 2.45) is 0 Å². The van der Waals surface area contributed by atoms with Crippen LogP contribution in [0.5, 0.6) is 0 Å². The van der Waals surface area contributed by atoms with Crippen molar-refractivity contribution >= 4 is 40.0 Å². The second-order valence-corrected chi connectivity index (χ2v) is 7.59. The molecule has 0 aliphatic carbocycles. The molecule has 0 atom stereocenters. The van der Waals surface area contributed by atoms with Gasteiger partial charge in [0.2, 0.25) is 0 Å². The van der Waals surface area contributed by atoms with Gasteiger partial charge in [0.05, 0.1) is 11.3 Å². The molecule has 1 aliphatic rings. The number of piperidine rings is 1. The first-order valence-corrected chi connectivity index (χ1v) is 9.80. The zero-order valence-corrected chi connectivity index (χ0v) is 16.5. The van der Waals surface area contributed by atoms with E-state index < -0.39 is 11.7 Å². The largest absolute Gasteiger partial charge is 0.417 e. The highest BCUT2D eigenvalue weighted by atomic mass is 35.5. The van der Waals surface area contributed by atoms with E-state index in [1.165, 1.54) is 6.07 Å². The number of carbonyl (C=O) groups is 1. The maximum atomic E-state index is 12.7. The summed E-state index contributed by atoms with van der Waals surface area (Å²) in [6.07, 6.45) is -0.516. The van der Waals surface area contributed by atoms with Crippen LogP contribution in [0.2, 0.25) is 5.02 Å². The Balaban J connectivity index is 1.31. The lowest BCUT2D eigenvalue weighted by Crippen LogP contribution is -2.46. The molecule has 1 saturated heterocycles. The monoisotopic (exact) mass is 437 g/mol. The number of nitrogens with one attached hydrogen (secondary N) is 3. The van der Waals surface area contributed by atoms with Gasteiger partial charge in [0.1, 0.15) is 5.82 Å². The fraction of sp³-hybridized carbons (Fsp3) is 0.300. The normalized spacial score (nSPS) is 15.4. The van der Waals surface area contributed by atoms with E-state index >= 15 is 0 Å². The molecule has 3 heterocycles. The summed E-state index contributed by atoms with van der Waals surface area (Å²) in [5.74, 6) is 0.501. The number of aromatic amines is 1. The minimum Gasteiger partial charge on any atom is -0.359 e. The van der Waals surface area contributed by atoms with Gasteiger partial charge < -0.3 is 20.5 Å². The van der Waals surface area contributed by atoms with Crippen LogP contribution >= 0.6 is 11.6 Å². The Kier molecular flexibility index (Phi) is 5.46. The van der Waals surface area contributed by atoms with Gasteiger partial charge in [0.15, 0.2) is 0 Å². The number of fused-ring (bicyclic) bond motifs is 1. The number of anilines is 2. The number of aromatic nitrogens is 2. The fourth-order valence-electron chi connectivity index (χ4n) is 3.53. The van der Waals surface area contributed by atoms with Crippen LogP contribution < -0.4 is 15.5 Å². The zero-order valence-electron chi connectivity index (χ0n) is 15.8. The summed E-state index contributed by atoms with van der Waals surface area (Å²) in [4.78, 5) is 21.3. The quantitative estimate of drug-likeness (QED) is 0.538. The number of benzene rings is 1. The highest BCUT2D eigenvalue weighted by Gasteiger charge is 2.31. The van der Waals surface area contributed by atoms with Crippen LogP contribution in [-0.2, 0) is 6.18 Å². The Morgan fingerprint density at radius 3 is 2.63 bits per heavy atom. The topological polar surface area (TPSA) is 73.1 Å². The third kappa shape index (κ3) is 4.46. The van der Waals surface area contributed by atoms with Crippen molar-refractivity contribution in [2.45, 2.75) is 25.1 Å². The lowest BCUT2D eigenvalue weighted by molar-refractivity contribution is -0.137.